The third kappa shape index (κ3) is 5.95. The number of aromatic nitrogens is 2. The number of fused-ring (bicyclic) bond motifs is 1. The van der Waals surface area contributed by atoms with Crippen molar-refractivity contribution in [2.75, 3.05) is 0 Å². The Morgan fingerprint density at radius 1 is 0.762 bits per heavy atom. The molecule has 6 aromatic rings. The van der Waals surface area contributed by atoms with Crippen LogP contribution in [0.15, 0.2) is 116 Å². The highest BCUT2D eigenvalue weighted by molar-refractivity contribution is 5.89. The highest BCUT2D eigenvalue weighted by Crippen LogP contribution is 2.31. The molecule has 0 saturated heterocycles. The summed E-state index contributed by atoms with van der Waals surface area (Å²) >= 11 is 0. The number of carbonyl (C=O) groups is 1. The molecule has 0 aliphatic heterocycles. The number of hydrogen-bond donors (Lipinski definition) is 2. The van der Waals surface area contributed by atoms with Crippen molar-refractivity contribution in [3.8, 4) is 22.3 Å². The van der Waals surface area contributed by atoms with Crippen LogP contribution in [0, 0.1) is 17.5 Å². The molecule has 0 radical (unpaired) electrons. The number of H-pyrrole nitrogens is 1. The van der Waals surface area contributed by atoms with Crippen molar-refractivity contribution in [2.45, 2.75) is 18.9 Å². The van der Waals surface area contributed by atoms with Gasteiger partial charge in [0.15, 0.2) is 0 Å². The Hall–Kier alpha value is -5.17. The topological polar surface area (TPSA) is 57.8 Å². The van der Waals surface area contributed by atoms with E-state index < -0.39 is 23.5 Å². The number of pyridine rings is 1. The predicted octanol–water partition coefficient (Wildman–Crippen LogP) is 7.96. The van der Waals surface area contributed by atoms with E-state index in [2.05, 4.69) is 15.3 Å². The summed E-state index contributed by atoms with van der Waals surface area (Å²) < 4.78 is 42.2. The van der Waals surface area contributed by atoms with Gasteiger partial charge in [-0.25, -0.2) is 13.2 Å². The van der Waals surface area contributed by atoms with E-state index in [0.717, 1.165) is 33.8 Å². The number of rotatable bonds is 8. The highest BCUT2D eigenvalue weighted by atomic mass is 19.1. The number of amides is 1. The SMILES string of the molecule is O=C(Cc1c[nH]c2ccc(F)cc12)NC(Cc1cc(F)cc(F)c1)c1ncccc1-c1ccc(-c2ccccc2)cc1. The highest BCUT2D eigenvalue weighted by Gasteiger charge is 2.22. The maximum absolute atomic E-state index is 14.1. The van der Waals surface area contributed by atoms with Crippen LogP contribution in [-0.2, 0) is 17.6 Å². The number of nitrogens with one attached hydrogen (secondary N) is 2. The lowest BCUT2D eigenvalue weighted by Gasteiger charge is -2.22. The summed E-state index contributed by atoms with van der Waals surface area (Å²) in [4.78, 5) is 21.1. The smallest absolute Gasteiger partial charge is 0.225 e. The van der Waals surface area contributed by atoms with Crippen molar-refractivity contribution in [3.05, 3.63) is 150 Å². The van der Waals surface area contributed by atoms with Crippen molar-refractivity contribution in [3.63, 3.8) is 0 Å². The van der Waals surface area contributed by atoms with Gasteiger partial charge in [0.1, 0.15) is 17.5 Å². The largest absolute Gasteiger partial charge is 0.361 e. The van der Waals surface area contributed by atoms with Gasteiger partial charge < -0.3 is 10.3 Å². The van der Waals surface area contributed by atoms with E-state index in [1.807, 2.05) is 66.7 Å². The summed E-state index contributed by atoms with van der Waals surface area (Å²) in [5.74, 6) is -2.13. The Labute approximate surface area is 240 Å². The third-order valence-corrected chi connectivity index (χ3v) is 7.25. The van der Waals surface area contributed by atoms with Crippen molar-refractivity contribution in [2.24, 2.45) is 0 Å². The van der Waals surface area contributed by atoms with Gasteiger partial charge in [0.2, 0.25) is 5.91 Å². The minimum Gasteiger partial charge on any atom is -0.361 e. The van der Waals surface area contributed by atoms with Gasteiger partial charge >= 0.3 is 0 Å². The van der Waals surface area contributed by atoms with Crippen molar-refractivity contribution < 1.29 is 18.0 Å². The van der Waals surface area contributed by atoms with Gasteiger partial charge in [0.25, 0.3) is 0 Å². The molecule has 0 aliphatic rings. The molecule has 1 unspecified atom stereocenters. The first-order chi connectivity index (χ1) is 20.4. The first-order valence-corrected chi connectivity index (χ1v) is 13.5. The van der Waals surface area contributed by atoms with E-state index in [4.69, 9.17) is 0 Å². The third-order valence-electron chi connectivity index (χ3n) is 7.25. The summed E-state index contributed by atoms with van der Waals surface area (Å²) in [5.41, 5.74) is 6.11. The second kappa shape index (κ2) is 11.7. The lowest BCUT2D eigenvalue weighted by molar-refractivity contribution is -0.121. The molecule has 2 aromatic heterocycles. The minimum atomic E-state index is -0.703. The molecule has 0 saturated carbocycles. The molecular formula is C35H26F3N3O. The van der Waals surface area contributed by atoms with Crippen LogP contribution in [-0.4, -0.2) is 15.9 Å². The van der Waals surface area contributed by atoms with E-state index in [9.17, 15) is 18.0 Å². The van der Waals surface area contributed by atoms with Crippen LogP contribution in [0.2, 0.25) is 0 Å². The second-order valence-corrected chi connectivity index (χ2v) is 10.2. The van der Waals surface area contributed by atoms with Crippen molar-refractivity contribution in [1.82, 2.24) is 15.3 Å². The quantitative estimate of drug-likeness (QED) is 0.198. The number of carbonyl (C=O) groups excluding carboxylic acids is 1. The lowest BCUT2D eigenvalue weighted by atomic mass is 9.94. The van der Waals surface area contributed by atoms with Crippen LogP contribution in [0.5, 0.6) is 0 Å². The van der Waals surface area contributed by atoms with Gasteiger partial charge in [-0.05, 0) is 70.6 Å². The molecule has 4 aromatic carbocycles. The predicted molar refractivity (Wildman–Crippen MR) is 158 cm³/mol. The molecule has 4 nitrogen and oxygen atoms in total. The van der Waals surface area contributed by atoms with Crippen LogP contribution in [0.3, 0.4) is 0 Å². The number of halogens is 3. The van der Waals surface area contributed by atoms with Gasteiger partial charge in [-0.15, -0.1) is 0 Å². The van der Waals surface area contributed by atoms with E-state index >= 15 is 0 Å². The summed E-state index contributed by atoms with van der Waals surface area (Å²) in [5, 5.41) is 3.65. The molecule has 6 rings (SSSR count). The summed E-state index contributed by atoms with van der Waals surface area (Å²) in [6.45, 7) is 0. The van der Waals surface area contributed by atoms with Crippen LogP contribution in [0.1, 0.15) is 22.9 Å². The summed E-state index contributed by atoms with van der Waals surface area (Å²) in [6, 6.07) is 28.7. The molecule has 2 N–H and O–H groups in total. The number of hydrogen-bond acceptors (Lipinski definition) is 2. The zero-order valence-corrected chi connectivity index (χ0v) is 22.5. The molecule has 2 heterocycles. The molecular weight excluding hydrogens is 535 g/mol. The Morgan fingerprint density at radius 2 is 1.48 bits per heavy atom. The molecule has 7 heteroatoms. The van der Waals surface area contributed by atoms with Gasteiger partial charge in [-0.3, -0.25) is 9.78 Å². The Bertz CT molecular complexity index is 1850. The normalized spacial score (nSPS) is 11.9. The van der Waals surface area contributed by atoms with Crippen LogP contribution in [0.25, 0.3) is 33.2 Å². The van der Waals surface area contributed by atoms with Crippen LogP contribution in [0.4, 0.5) is 13.2 Å². The molecule has 0 spiro atoms. The van der Waals surface area contributed by atoms with Crippen LogP contribution < -0.4 is 5.32 Å². The fraction of sp³-hybridized carbons (Fsp3) is 0.0857. The molecule has 1 atom stereocenters. The maximum Gasteiger partial charge on any atom is 0.225 e. The fourth-order valence-electron chi connectivity index (χ4n) is 5.31. The summed E-state index contributed by atoms with van der Waals surface area (Å²) in [7, 11) is 0. The zero-order chi connectivity index (χ0) is 29.1. The lowest BCUT2D eigenvalue weighted by Crippen LogP contribution is -2.32. The van der Waals surface area contributed by atoms with E-state index in [-0.39, 0.29) is 18.7 Å². The molecule has 0 fully saturated rings. The van der Waals surface area contributed by atoms with Crippen molar-refractivity contribution >= 4 is 16.8 Å². The van der Waals surface area contributed by atoms with E-state index in [0.29, 0.717) is 22.2 Å². The molecule has 208 valence electrons. The Morgan fingerprint density at radius 3 is 2.24 bits per heavy atom. The molecule has 1 amide bonds. The van der Waals surface area contributed by atoms with Gasteiger partial charge in [-0.1, -0.05) is 60.7 Å². The van der Waals surface area contributed by atoms with Gasteiger partial charge in [0, 0.05) is 34.9 Å². The Balaban J connectivity index is 1.34. The number of aromatic amines is 1. The first-order valence-electron chi connectivity index (χ1n) is 13.5. The number of benzene rings is 4. The summed E-state index contributed by atoms with van der Waals surface area (Å²) in [6.07, 6.45) is 3.40. The van der Waals surface area contributed by atoms with Crippen LogP contribution >= 0.6 is 0 Å². The van der Waals surface area contributed by atoms with Gasteiger partial charge in [-0.2, -0.15) is 0 Å². The number of nitrogens with zero attached hydrogens (tertiary/aromatic N) is 1. The Kier molecular flexibility index (Phi) is 7.56. The average molecular weight is 562 g/mol. The van der Waals surface area contributed by atoms with E-state index in [1.54, 1.807) is 18.5 Å². The van der Waals surface area contributed by atoms with E-state index in [1.165, 1.54) is 24.3 Å². The molecule has 0 aliphatic carbocycles. The minimum absolute atomic E-state index is 0.0224. The fourth-order valence-corrected chi connectivity index (χ4v) is 5.31. The zero-order valence-electron chi connectivity index (χ0n) is 22.5. The first kappa shape index (κ1) is 27.0. The molecule has 42 heavy (non-hydrogen) atoms. The molecule has 0 bridgehead atoms. The van der Waals surface area contributed by atoms with Gasteiger partial charge in [0.05, 0.1) is 18.2 Å². The average Bonchev–Trinajstić information content (AvgIpc) is 3.38. The monoisotopic (exact) mass is 561 g/mol. The maximum atomic E-state index is 14.1. The standard InChI is InChI=1S/C35H26F3N3O/c36-27-12-13-32-31(20-27)26(21-40-32)18-34(42)41-33(17-22-15-28(37)19-29(38)16-22)35-30(7-4-14-39-35)25-10-8-24(9-11-25)23-5-2-1-3-6-23/h1-16,19-21,33,40H,17-18H2,(H,41,42). The van der Waals surface area contributed by atoms with Crippen molar-refractivity contribution in [1.29, 1.82) is 0 Å². The second-order valence-electron chi connectivity index (χ2n) is 10.2.